The Bertz CT molecular complexity index is 992. The highest BCUT2D eigenvalue weighted by molar-refractivity contribution is 7.99. The van der Waals surface area contributed by atoms with Crippen LogP contribution < -0.4 is 15.9 Å². The van der Waals surface area contributed by atoms with E-state index in [1.807, 2.05) is 38.1 Å². The smallest absolute Gasteiger partial charge is 0.234 e. The van der Waals surface area contributed by atoms with E-state index in [1.54, 1.807) is 18.2 Å². The first-order chi connectivity index (χ1) is 13.5. The van der Waals surface area contributed by atoms with Gasteiger partial charge in [-0.3, -0.25) is 4.79 Å². The van der Waals surface area contributed by atoms with E-state index in [0.717, 1.165) is 16.9 Å². The van der Waals surface area contributed by atoms with Gasteiger partial charge in [0, 0.05) is 16.3 Å². The number of ether oxygens (including phenoxy) is 1. The lowest BCUT2D eigenvalue weighted by molar-refractivity contribution is -0.113. The minimum absolute atomic E-state index is 0.139. The van der Waals surface area contributed by atoms with Crippen molar-refractivity contribution >= 4 is 35.0 Å². The summed E-state index contributed by atoms with van der Waals surface area (Å²) in [6, 6.07) is 12.8. The monoisotopic (exact) mass is 417 g/mol. The molecule has 0 aliphatic carbocycles. The fourth-order valence-electron chi connectivity index (χ4n) is 2.52. The van der Waals surface area contributed by atoms with Gasteiger partial charge in [-0.2, -0.15) is 0 Å². The molecule has 3 rings (SSSR count). The van der Waals surface area contributed by atoms with Crippen LogP contribution >= 0.6 is 23.4 Å². The number of amides is 1. The van der Waals surface area contributed by atoms with Crippen LogP contribution in [0.5, 0.6) is 5.75 Å². The third-order valence-electron chi connectivity index (χ3n) is 3.94. The quantitative estimate of drug-likeness (QED) is 0.449. The molecule has 9 heteroatoms. The standard InChI is InChI=1S/C19H20ClN5O2S/c1-3-27-14-7-4-6-13(10-14)18-23-24-19(25(18)21)28-11-17(26)22-16-9-5-8-15(20)12(16)2/h4-10H,3,11,21H2,1-2H3,(H,22,26). The lowest BCUT2D eigenvalue weighted by Gasteiger charge is -2.09. The van der Waals surface area contributed by atoms with Gasteiger partial charge in [-0.1, -0.05) is 41.6 Å². The van der Waals surface area contributed by atoms with Gasteiger partial charge in [0.25, 0.3) is 0 Å². The molecule has 0 aliphatic rings. The summed E-state index contributed by atoms with van der Waals surface area (Å²) < 4.78 is 6.87. The zero-order valence-electron chi connectivity index (χ0n) is 15.5. The molecule has 1 amide bonds. The van der Waals surface area contributed by atoms with E-state index >= 15 is 0 Å². The molecule has 0 fully saturated rings. The lowest BCUT2D eigenvalue weighted by Crippen LogP contribution is -2.17. The van der Waals surface area contributed by atoms with Crippen molar-refractivity contribution in [2.75, 3.05) is 23.5 Å². The molecule has 0 spiro atoms. The van der Waals surface area contributed by atoms with E-state index in [2.05, 4.69) is 15.5 Å². The van der Waals surface area contributed by atoms with E-state index in [9.17, 15) is 4.79 Å². The summed E-state index contributed by atoms with van der Waals surface area (Å²) in [5.74, 6) is 7.31. The molecule has 0 atom stereocenters. The Morgan fingerprint density at radius 3 is 2.86 bits per heavy atom. The molecule has 7 nitrogen and oxygen atoms in total. The number of nitrogens with two attached hydrogens (primary N) is 1. The molecule has 0 unspecified atom stereocenters. The molecule has 2 aromatic carbocycles. The lowest BCUT2D eigenvalue weighted by atomic mass is 10.2. The summed E-state index contributed by atoms with van der Waals surface area (Å²) >= 11 is 7.28. The molecule has 0 aliphatic heterocycles. The van der Waals surface area contributed by atoms with Gasteiger partial charge < -0.3 is 15.9 Å². The summed E-state index contributed by atoms with van der Waals surface area (Å²) in [6.45, 7) is 4.34. The van der Waals surface area contributed by atoms with Crippen LogP contribution in [-0.2, 0) is 4.79 Å². The van der Waals surface area contributed by atoms with Crippen LogP contribution in [0.25, 0.3) is 11.4 Å². The number of hydrogen-bond donors (Lipinski definition) is 2. The number of nitrogens with one attached hydrogen (secondary N) is 1. The predicted octanol–water partition coefficient (Wildman–Crippen LogP) is 3.75. The molecule has 28 heavy (non-hydrogen) atoms. The number of nitrogen functional groups attached to an aromatic ring is 1. The first-order valence-corrected chi connectivity index (χ1v) is 9.97. The number of halogens is 1. The Labute approximate surface area is 172 Å². The first kappa shape index (κ1) is 20.0. The zero-order valence-corrected chi connectivity index (χ0v) is 17.0. The highest BCUT2D eigenvalue weighted by Crippen LogP contribution is 2.26. The minimum atomic E-state index is -0.182. The molecular weight excluding hydrogens is 398 g/mol. The molecule has 3 aromatic rings. The van der Waals surface area contributed by atoms with E-state index in [-0.39, 0.29) is 11.7 Å². The normalized spacial score (nSPS) is 10.7. The Hall–Kier alpha value is -2.71. The number of benzene rings is 2. The van der Waals surface area contributed by atoms with Crippen molar-refractivity contribution in [1.29, 1.82) is 0 Å². The summed E-state index contributed by atoms with van der Waals surface area (Å²) in [7, 11) is 0. The van der Waals surface area contributed by atoms with Crippen molar-refractivity contribution in [3.05, 3.63) is 53.1 Å². The number of aromatic nitrogens is 3. The molecule has 1 aromatic heterocycles. The van der Waals surface area contributed by atoms with Gasteiger partial charge in [0.15, 0.2) is 5.82 Å². The van der Waals surface area contributed by atoms with Crippen LogP contribution in [0.4, 0.5) is 5.69 Å². The van der Waals surface area contributed by atoms with Crippen LogP contribution in [0, 0.1) is 6.92 Å². The number of hydrogen-bond acceptors (Lipinski definition) is 6. The fraction of sp³-hybridized carbons (Fsp3) is 0.211. The van der Waals surface area contributed by atoms with Gasteiger partial charge in [0.05, 0.1) is 12.4 Å². The number of anilines is 1. The summed E-state index contributed by atoms with van der Waals surface area (Å²) in [4.78, 5) is 12.3. The number of carbonyl (C=O) groups excluding carboxylic acids is 1. The highest BCUT2D eigenvalue weighted by Gasteiger charge is 2.15. The molecular formula is C19H20ClN5O2S. The third kappa shape index (κ3) is 4.58. The number of carbonyl (C=O) groups is 1. The topological polar surface area (TPSA) is 95.1 Å². The number of nitrogens with zero attached hydrogens (tertiary/aromatic N) is 3. The van der Waals surface area contributed by atoms with Gasteiger partial charge in [0.1, 0.15) is 5.75 Å². The Kier molecular flexibility index (Phi) is 6.43. The van der Waals surface area contributed by atoms with Crippen molar-refractivity contribution in [3.63, 3.8) is 0 Å². The SMILES string of the molecule is CCOc1cccc(-c2nnc(SCC(=O)Nc3cccc(Cl)c3C)n2N)c1. The van der Waals surface area contributed by atoms with Crippen LogP contribution in [0.15, 0.2) is 47.6 Å². The van der Waals surface area contributed by atoms with E-state index in [1.165, 1.54) is 16.4 Å². The average molecular weight is 418 g/mol. The molecule has 3 N–H and O–H groups in total. The van der Waals surface area contributed by atoms with Crippen LogP contribution in [-0.4, -0.2) is 33.1 Å². The number of rotatable bonds is 7. The Balaban J connectivity index is 1.67. The summed E-state index contributed by atoms with van der Waals surface area (Å²) in [5.41, 5.74) is 2.29. The van der Waals surface area contributed by atoms with Gasteiger partial charge in [-0.25, -0.2) is 4.68 Å². The van der Waals surface area contributed by atoms with E-state index < -0.39 is 0 Å². The fourth-order valence-corrected chi connectivity index (χ4v) is 3.35. The maximum Gasteiger partial charge on any atom is 0.234 e. The summed E-state index contributed by atoms with van der Waals surface area (Å²) in [5, 5.41) is 12.1. The maximum atomic E-state index is 12.3. The molecule has 0 bridgehead atoms. The largest absolute Gasteiger partial charge is 0.494 e. The van der Waals surface area contributed by atoms with E-state index in [0.29, 0.717) is 28.3 Å². The Morgan fingerprint density at radius 2 is 2.07 bits per heavy atom. The molecule has 146 valence electrons. The van der Waals surface area contributed by atoms with Crippen molar-refractivity contribution in [1.82, 2.24) is 14.9 Å². The molecule has 0 saturated heterocycles. The third-order valence-corrected chi connectivity index (χ3v) is 5.29. The van der Waals surface area contributed by atoms with Crippen LogP contribution in [0.1, 0.15) is 12.5 Å². The van der Waals surface area contributed by atoms with Crippen molar-refractivity contribution in [2.24, 2.45) is 0 Å². The summed E-state index contributed by atoms with van der Waals surface area (Å²) in [6.07, 6.45) is 0. The van der Waals surface area contributed by atoms with Gasteiger partial charge >= 0.3 is 0 Å². The van der Waals surface area contributed by atoms with Gasteiger partial charge in [-0.15, -0.1) is 10.2 Å². The van der Waals surface area contributed by atoms with Gasteiger partial charge in [-0.05, 0) is 43.7 Å². The minimum Gasteiger partial charge on any atom is -0.494 e. The molecule has 0 saturated carbocycles. The van der Waals surface area contributed by atoms with Crippen molar-refractivity contribution < 1.29 is 9.53 Å². The number of thioether (sulfide) groups is 1. The zero-order chi connectivity index (χ0) is 20.1. The Morgan fingerprint density at radius 1 is 1.29 bits per heavy atom. The second kappa shape index (κ2) is 8.99. The maximum absolute atomic E-state index is 12.3. The van der Waals surface area contributed by atoms with Gasteiger partial charge in [0.2, 0.25) is 11.1 Å². The van der Waals surface area contributed by atoms with Crippen LogP contribution in [0.2, 0.25) is 5.02 Å². The second-order valence-electron chi connectivity index (χ2n) is 5.89. The predicted molar refractivity (Wildman–Crippen MR) is 112 cm³/mol. The van der Waals surface area contributed by atoms with Crippen molar-refractivity contribution in [3.8, 4) is 17.1 Å². The molecule has 1 heterocycles. The first-order valence-electron chi connectivity index (χ1n) is 8.61. The molecule has 0 radical (unpaired) electrons. The van der Waals surface area contributed by atoms with E-state index in [4.69, 9.17) is 22.2 Å². The second-order valence-corrected chi connectivity index (χ2v) is 7.24. The highest BCUT2D eigenvalue weighted by atomic mass is 35.5. The van der Waals surface area contributed by atoms with Crippen LogP contribution in [0.3, 0.4) is 0 Å². The van der Waals surface area contributed by atoms with Crippen molar-refractivity contribution in [2.45, 2.75) is 19.0 Å². The average Bonchev–Trinajstić information content (AvgIpc) is 3.05.